The zero-order chi connectivity index (χ0) is 10.6. The van der Waals surface area contributed by atoms with Crippen molar-refractivity contribution < 1.29 is 19.4 Å². The van der Waals surface area contributed by atoms with Crippen LogP contribution >= 0.6 is 0 Å². The van der Waals surface area contributed by atoms with Crippen LogP contribution in [0, 0.1) is 0 Å². The maximum absolute atomic E-state index is 10.4. The van der Waals surface area contributed by atoms with Crippen molar-refractivity contribution in [2.75, 3.05) is 0 Å². The van der Waals surface area contributed by atoms with E-state index in [9.17, 15) is 14.7 Å². The summed E-state index contributed by atoms with van der Waals surface area (Å²) < 4.78 is 4.80. The Kier molecular flexibility index (Phi) is 3.46. The topological polar surface area (TPSA) is 89.6 Å². The molecule has 14 heavy (non-hydrogen) atoms. The monoisotopic (exact) mass is 201 g/mol. The predicted octanol–water partition coefficient (Wildman–Crippen LogP) is 0.344. The first kappa shape index (κ1) is 11.0. The molecule has 5 nitrogen and oxygen atoms in total. The minimum absolute atomic E-state index is 0.149. The minimum atomic E-state index is -0.904. The Labute approximate surface area is 82.2 Å². The number of aldehydes is 1. The zero-order valence-corrected chi connectivity index (χ0v) is 7.94. The Balaban J connectivity index is 2.37. The van der Waals surface area contributed by atoms with E-state index < -0.39 is 11.7 Å². The van der Waals surface area contributed by atoms with Gasteiger partial charge in [0.25, 0.3) is 0 Å². The van der Waals surface area contributed by atoms with Gasteiger partial charge in [0, 0.05) is 6.42 Å². The molecule has 1 amide bonds. The highest BCUT2D eigenvalue weighted by Gasteiger charge is 2.33. The van der Waals surface area contributed by atoms with Gasteiger partial charge in [-0.3, -0.25) is 0 Å². The molecule has 1 rings (SSSR count). The smallest absolute Gasteiger partial charge is 0.404 e. The van der Waals surface area contributed by atoms with E-state index in [2.05, 4.69) is 0 Å². The van der Waals surface area contributed by atoms with E-state index in [0.29, 0.717) is 25.7 Å². The fraction of sp³-hybridized carbons (Fsp3) is 0.778. The number of nitrogens with two attached hydrogens (primary N) is 1. The molecule has 0 bridgehead atoms. The van der Waals surface area contributed by atoms with Gasteiger partial charge in [0.05, 0.1) is 5.60 Å². The molecular weight excluding hydrogens is 186 g/mol. The summed E-state index contributed by atoms with van der Waals surface area (Å²) in [4.78, 5) is 20.7. The number of hydrogen-bond donors (Lipinski definition) is 2. The molecule has 3 N–H and O–H groups in total. The molecule has 0 saturated heterocycles. The summed E-state index contributed by atoms with van der Waals surface area (Å²) in [6.45, 7) is 0. The van der Waals surface area contributed by atoms with Crippen molar-refractivity contribution in [2.24, 2.45) is 5.73 Å². The molecule has 0 atom stereocenters. The Hall–Kier alpha value is -1.10. The number of primary amides is 1. The molecule has 0 aromatic rings. The molecule has 1 aliphatic rings. The zero-order valence-electron chi connectivity index (χ0n) is 7.94. The van der Waals surface area contributed by atoms with Gasteiger partial charge >= 0.3 is 6.09 Å². The van der Waals surface area contributed by atoms with Crippen molar-refractivity contribution in [1.82, 2.24) is 0 Å². The Morgan fingerprint density at radius 1 is 1.57 bits per heavy atom. The van der Waals surface area contributed by atoms with Crippen molar-refractivity contribution in [3.63, 3.8) is 0 Å². The van der Waals surface area contributed by atoms with Crippen LogP contribution in [0.2, 0.25) is 0 Å². The largest absolute Gasteiger partial charge is 0.446 e. The highest BCUT2D eigenvalue weighted by Crippen LogP contribution is 2.31. The molecule has 1 aliphatic carbocycles. The molecule has 0 heterocycles. The third-order valence-electron chi connectivity index (χ3n) is 2.61. The summed E-state index contributed by atoms with van der Waals surface area (Å²) in [6.07, 6.45) is 1.95. The van der Waals surface area contributed by atoms with E-state index in [1.165, 1.54) is 0 Å². The van der Waals surface area contributed by atoms with Gasteiger partial charge in [-0.1, -0.05) is 0 Å². The number of aliphatic hydroxyl groups is 1. The predicted molar refractivity (Wildman–Crippen MR) is 48.6 cm³/mol. The Bertz CT molecular complexity index is 221. The van der Waals surface area contributed by atoms with Gasteiger partial charge in [-0.05, 0) is 25.7 Å². The lowest BCUT2D eigenvalue weighted by molar-refractivity contribution is -0.115. The standard InChI is InChI=1S/C9H15NO4/c10-8(12)14-7-1-3-9(13,4-2-7)5-6-11/h6-7,13H,1-5H2,(H2,10,12). The van der Waals surface area contributed by atoms with Gasteiger partial charge in [-0.15, -0.1) is 0 Å². The maximum atomic E-state index is 10.4. The summed E-state index contributed by atoms with van der Waals surface area (Å²) >= 11 is 0. The lowest BCUT2D eigenvalue weighted by Gasteiger charge is -2.34. The summed E-state index contributed by atoms with van der Waals surface area (Å²) in [5.41, 5.74) is 3.97. The fourth-order valence-corrected chi connectivity index (χ4v) is 1.77. The average molecular weight is 201 g/mol. The van der Waals surface area contributed by atoms with Crippen LogP contribution < -0.4 is 5.73 Å². The molecule has 0 unspecified atom stereocenters. The van der Waals surface area contributed by atoms with Gasteiger partial charge in [0.15, 0.2) is 0 Å². The summed E-state index contributed by atoms with van der Waals surface area (Å²) in [7, 11) is 0. The van der Waals surface area contributed by atoms with Crippen LogP contribution in [0.5, 0.6) is 0 Å². The number of ether oxygens (including phenoxy) is 1. The van der Waals surface area contributed by atoms with E-state index in [1.807, 2.05) is 0 Å². The number of amides is 1. The van der Waals surface area contributed by atoms with Crippen LogP contribution in [0.15, 0.2) is 0 Å². The van der Waals surface area contributed by atoms with E-state index in [4.69, 9.17) is 10.5 Å². The van der Waals surface area contributed by atoms with Crippen LogP contribution in [-0.2, 0) is 9.53 Å². The van der Waals surface area contributed by atoms with Gasteiger partial charge in [0.1, 0.15) is 12.4 Å². The number of rotatable bonds is 3. The summed E-state index contributed by atoms with van der Waals surface area (Å²) in [6, 6.07) is 0. The molecule has 0 aliphatic heterocycles. The van der Waals surface area contributed by atoms with Gasteiger partial charge in [-0.25, -0.2) is 4.79 Å². The van der Waals surface area contributed by atoms with Crippen molar-refractivity contribution in [3.8, 4) is 0 Å². The highest BCUT2D eigenvalue weighted by atomic mass is 16.6. The van der Waals surface area contributed by atoms with Crippen LogP contribution in [0.1, 0.15) is 32.1 Å². The average Bonchev–Trinajstić information content (AvgIpc) is 2.09. The van der Waals surface area contributed by atoms with Gasteiger partial charge in [-0.2, -0.15) is 0 Å². The number of carbonyl (C=O) groups excluding carboxylic acids is 2. The van der Waals surface area contributed by atoms with E-state index >= 15 is 0 Å². The lowest BCUT2D eigenvalue weighted by atomic mass is 9.81. The second-order valence-corrected chi connectivity index (χ2v) is 3.73. The van der Waals surface area contributed by atoms with Crippen molar-refractivity contribution in [3.05, 3.63) is 0 Å². The molecule has 0 radical (unpaired) electrons. The summed E-state index contributed by atoms with van der Waals surface area (Å²) in [5.74, 6) is 0. The van der Waals surface area contributed by atoms with Crippen LogP contribution in [-0.4, -0.2) is 29.2 Å². The van der Waals surface area contributed by atoms with E-state index in [1.54, 1.807) is 0 Å². The summed E-state index contributed by atoms with van der Waals surface area (Å²) in [5, 5.41) is 9.82. The van der Waals surface area contributed by atoms with Crippen molar-refractivity contribution in [1.29, 1.82) is 0 Å². The second kappa shape index (κ2) is 4.41. The number of carbonyl (C=O) groups is 2. The number of hydrogen-bond acceptors (Lipinski definition) is 4. The van der Waals surface area contributed by atoms with Crippen LogP contribution in [0.4, 0.5) is 4.79 Å². The quantitative estimate of drug-likeness (QED) is 0.644. The minimum Gasteiger partial charge on any atom is -0.446 e. The lowest BCUT2D eigenvalue weighted by Crippen LogP contribution is -2.38. The van der Waals surface area contributed by atoms with Crippen molar-refractivity contribution in [2.45, 2.75) is 43.8 Å². The van der Waals surface area contributed by atoms with Crippen LogP contribution in [0.3, 0.4) is 0 Å². The highest BCUT2D eigenvalue weighted by molar-refractivity contribution is 5.64. The van der Waals surface area contributed by atoms with E-state index in [-0.39, 0.29) is 12.5 Å². The molecule has 80 valence electrons. The Morgan fingerprint density at radius 2 is 2.14 bits per heavy atom. The first-order valence-corrected chi connectivity index (χ1v) is 4.68. The fourth-order valence-electron chi connectivity index (χ4n) is 1.77. The Morgan fingerprint density at radius 3 is 2.57 bits per heavy atom. The molecule has 1 saturated carbocycles. The molecule has 0 aromatic carbocycles. The second-order valence-electron chi connectivity index (χ2n) is 3.73. The van der Waals surface area contributed by atoms with Crippen molar-refractivity contribution >= 4 is 12.4 Å². The molecule has 0 spiro atoms. The third-order valence-corrected chi connectivity index (χ3v) is 2.61. The maximum Gasteiger partial charge on any atom is 0.404 e. The molecule has 1 fully saturated rings. The first-order chi connectivity index (χ1) is 6.56. The normalized spacial score (nSPS) is 32.2. The SMILES string of the molecule is NC(=O)OC1CCC(O)(CC=O)CC1. The third kappa shape index (κ3) is 2.99. The molecule has 0 aromatic heterocycles. The van der Waals surface area contributed by atoms with Gasteiger partial charge < -0.3 is 20.4 Å². The van der Waals surface area contributed by atoms with Gasteiger partial charge in [0.2, 0.25) is 0 Å². The first-order valence-electron chi connectivity index (χ1n) is 4.68. The molecule has 5 heteroatoms. The molecular formula is C9H15NO4. The van der Waals surface area contributed by atoms with Crippen LogP contribution in [0.25, 0.3) is 0 Å². The van der Waals surface area contributed by atoms with E-state index in [0.717, 1.165) is 6.29 Å².